The third-order valence-corrected chi connectivity index (χ3v) is 2.07. The lowest BCUT2D eigenvalue weighted by molar-refractivity contribution is 0.239. The fourth-order valence-corrected chi connectivity index (χ4v) is 1.53. The fraction of sp³-hybridized carbons (Fsp3) is 0.778. The first kappa shape index (κ1) is 8.44. The molecule has 0 atom stereocenters. The molecule has 2 heteroatoms. The monoisotopic (exact) mass is 154 g/mol. The molecule has 0 aromatic rings. The maximum atomic E-state index is 2.43. The van der Waals surface area contributed by atoms with Crippen molar-refractivity contribution in [3.05, 3.63) is 11.9 Å². The average Bonchev–Trinajstić information content (AvgIpc) is 2.32. The van der Waals surface area contributed by atoms with Crippen LogP contribution in [-0.2, 0) is 0 Å². The van der Waals surface area contributed by atoms with Gasteiger partial charge in [-0.1, -0.05) is 0 Å². The van der Waals surface area contributed by atoms with Crippen LogP contribution in [0, 0.1) is 0 Å². The van der Waals surface area contributed by atoms with E-state index in [2.05, 4.69) is 43.8 Å². The minimum atomic E-state index is 0.631. The van der Waals surface area contributed by atoms with Crippen molar-refractivity contribution in [2.24, 2.45) is 0 Å². The molecule has 1 heterocycles. The molecule has 0 saturated heterocycles. The Morgan fingerprint density at radius 2 is 2.09 bits per heavy atom. The van der Waals surface area contributed by atoms with E-state index in [1.165, 1.54) is 18.8 Å². The van der Waals surface area contributed by atoms with E-state index < -0.39 is 0 Å². The van der Waals surface area contributed by atoms with Crippen LogP contribution in [0.3, 0.4) is 0 Å². The standard InChI is InChI=1S/C9H18N2/c1-8(2)11-7-5-6-9(11)10(3)4/h6,8H,5,7H2,1-4H3. The summed E-state index contributed by atoms with van der Waals surface area (Å²) < 4.78 is 0. The second-order valence-electron chi connectivity index (χ2n) is 3.53. The van der Waals surface area contributed by atoms with Gasteiger partial charge < -0.3 is 9.80 Å². The van der Waals surface area contributed by atoms with Gasteiger partial charge in [-0.3, -0.25) is 0 Å². The maximum absolute atomic E-state index is 2.43. The van der Waals surface area contributed by atoms with Crippen LogP contribution in [0.15, 0.2) is 11.9 Å². The third-order valence-electron chi connectivity index (χ3n) is 2.07. The zero-order valence-corrected chi connectivity index (χ0v) is 7.96. The molecule has 1 rings (SSSR count). The van der Waals surface area contributed by atoms with Gasteiger partial charge in [0.2, 0.25) is 0 Å². The Labute approximate surface area is 69.5 Å². The molecule has 0 amide bonds. The molecule has 0 aromatic heterocycles. The van der Waals surface area contributed by atoms with Crippen LogP contribution >= 0.6 is 0 Å². The predicted molar refractivity (Wildman–Crippen MR) is 48.2 cm³/mol. The normalized spacial score (nSPS) is 17.5. The lowest BCUT2D eigenvalue weighted by Gasteiger charge is -2.30. The van der Waals surface area contributed by atoms with E-state index in [1.807, 2.05) is 0 Å². The number of hydrogen-bond acceptors (Lipinski definition) is 2. The summed E-state index contributed by atoms with van der Waals surface area (Å²) in [6.07, 6.45) is 3.51. The average molecular weight is 154 g/mol. The Bertz CT molecular complexity index is 159. The Kier molecular flexibility index (Phi) is 2.42. The van der Waals surface area contributed by atoms with Crippen molar-refractivity contribution in [1.82, 2.24) is 9.80 Å². The summed E-state index contributed by atoms with van der Waals surface area (Å²) >= 11 is 0. The molecule has 11 heavy (non-hydrogen) atoms. The molecule has 0 spiro atoms. The first-order valence-corrected chi connectivity index (χ1v) is 4.27. The lowest BCUT2D eigenvalue weighted by atomic mass is 10.3. The molecular weight excluding hydrogens is 136 g/mol. The first-order chi connectivity index (χ1) is 5.13. The zero-order chi connectivity index (χ0) is 8.43. The second kappa shape index (κ2) is 3.16. The number of nitrogens with zero attached hydrogens (tertiary/aromatic N) is 2. The predicted octanol–water partition coefficient (Wildman–Crippen LogP) is 1.50. The van der Waals surface area contributed by atoms with Gasteiger partial charge in [-0.05, 0) is 26.3 Å². The Balaban J connectivity index is 2.63. The summed E-state index contributed by atoms with van der Waals surface area (Å²) in [5.41, 5.74) is 0. The molecule has 0 fully saturated rings. The quantitative estimate of drug-likeness (QED) is 0.595. The molecular formula is C9H18N2. The van der Waals surface area contributed by atoms with Crippen LogP contribution < -0.4 is 0 Å². The molecule has 0 N–H and O–H groups in total. The molecule has 1 aliphatic rings. The molecule has 0 bridgehead atoms. The van der Waals surface area contributed by atoms with Gasteiger partial charge in [0.25, 0.3) is 0 Å². The van der Waals surface area contributed by atoms with Gasteiger partial charge in [-0.2, -0.15) is 0 Å². The van der Waals surface area contributed by atoms with Crippen LogP contribution in [0.25, 0.3) is 0 Å². The van der Waals surface area contributed by atoms with Gasteiger partial charge in [0.15, 0.2) is 0 Å². The van der Waals surface area contributed by atoms with Crippen molar-refractivity contribution in [1.29, 1.82) is 0 Å². The van der Waals surface area contributed by atoms with Crippen molar-refractivity contribution in [3.8, 4) is 0 Å². The Hall–Kier alpha value is -0.660. The van der Waals surface area contributed by atoms with Gasteiger partial charge in [-0.25, -0.2) is 0 Å². The van der Waals surface area contributed by atoms with Crippen LogP contribution in [0.4, 0.5) is 0 Å². The highest BCUT2D eigenvalue weighted by molar-refractivity contribution is 5.06. The van der Waals surface area contributed by atoms with Crippen molar-refractivity contribution in [3.63, 3.8) is 0 Å². The largest absolute Gasteiger partial charge is 0.365 e. The van der Waals surface area contributed by atoms with E-state index in [0.29, 0.717) is 6.04 Å². The van der Waals surface area contributed by atoms with E-state index in [1.54, 1.807) is 0 Å². The van der Waals surface area contributed by atoms with E-state index in [9.17, 15) is 0 Å². The molecule has 1 aliphatic heterocycles. The molecule has 0 aliphatic carbocycles. The first-order valence-electron chi connectivity index (χ1n) is 4.27. The van der Waals surface area contributed by atoms with E-state index in [-0.39, 0.29) is 0 Å². The minimum Gasteiger partial charge on any atom is -0.365 e. The van der Waals surface area contributed by atoms with Gasteiger partial charge >= 0.3 is 0 Å². The SMILES string of the molecule is CC(C)N1CCC=C1N(C)C. The van der Waals surface area contributed by atoms with Gasteiger partial charge in [-0.15, -0.1) is 0 Å². The van der Waals surface area contributed by atoms with Crippen LogP contribution in [0.5, 0.6) is 0 Å². The summed E-state index contributed by atoms with van der Waals surface area (Å²) in [6, 6.07) is 0.631. The highest BCUT2D eigenvalue weighted by Crippen LogP contribution is 2.18. The third kappa shape index (κ3) is 1.67. The highest BCUT2D eigenvalue weighted by atomic mass is 15.3. The maximum Gasteiger partial charge on any atom is 0.0995 e. The van der Waals surface area contributed by atoms with Crippen LogP contribution in [-0.4, -0.2) is 36.5 Å². The van der Waals surface area contributed by atoms with E-state index in [0.717, 1.165) is 0 Å². The zero-order valence-electron chi connectivity index (χ0n) is 7.96. The summed E-state index contributed by atoms with van der Waals surface area (Å²) in [5.74, 6) is 1.38. The number of rotatable bonds is 2. The van der Waals surface area contributed by atoms with E-state index in [4.69, 9.17) is 0 Å². The Morgan fingerprint density at radius 1 is 1.45 bits per heavy atom. The number of hydrogen-bond donors (Lipinski definition) is 0. The van der Waals surface area contributed by atoms with Gasteiger partial charge in [0.1, 0.15) is 0 Å². The van der Waals surface area contributed by atoms with Gasteiger partial charge in [0.05, 0.1) is 5.82 Å². The van der Waals surface area contributed by atoms with Crippen molar-refractivity contribution in [2.45, 2.75) is 26.3 Å². The summed E-state index contributed by atoms with van der Waals surface area (Å²) in [6.45, 7) is 5.66. The Morgan fingerprint density at radius 3 is 2.45 bits per heavy atom. The van der Waals surface area contributed by atoms with Gasteiger partial charge in [0, 0.05) is 26.7 Å². The topological polar surface area (TPSA) is 6.48 Å². The lowest BCUT2D eigenvalue weighted by Crippen LogP contribution is -2.33. The van der Waals surface area contributed by atoms with Crippen LogP contribution in [0.2, 0.25) is 0 Å². The molecule has 0 saturated carbocycles. The highest BCUT2D eigenvalue weighted by Gasteiger charge is 2.18. The van der Waals surface area contributed by atoms with Crippen molar-refractivity contribution in [2.75, 3.05) is 20.6 Å². The molecule has 0 unspecified atom stereocenters. The van der Waals surface area contributed by atoms with E-state index >= 15 is 0 Å². The van der Waals surface area contributed by atoms with Crippen molar-refractivity contribution < 1.29 is 0 Å². The smallest absolute Gasteiger partial charge is 0.0995 e. The molecule has 64 valence electrons. The summed E-state index contributed by atoms with van der Waals surface area (Å²) in [5, 5.41) is 0. The second-order valence-corrected chi connectivity index (χ2v) is 3.53. The fourth-order valence-electron chi connectivity index (χ4n) is 1.53. The minimum absolute atomic E-state index is 0.631. The summed E-state index contributed by atoms with van der Waals surface area (Å²) in [7, 11) is 4.21. The molecule has 0 aromatic carbocycles. The molecule has 2 nitrogen and oxygen atoms in total. The van der Waals surface area contributed by atoms with Crippen LogP contribution in [0.1, 0.15) is 20.3 Å². The summed E-state index contributed by atoms with van der Waals surface area (Å²) in [4.78, 5) is 4.62. The molecule has 0 radical (unpaired) electrons. The van der Waals surface area contributed by atoms with Crippen molar-refractivity contribution >= 4 is 0 Å².